The molecule has 8 nitrogen and oxygen atoms in total. The minimum Gasteiger partial charge on any atom is -0.508 e. The third kappa shape index (κ3) is 3.70. The topological polar surface area (TPSA) is 110 Å². The lowest BCUT2D eigenvalue weighted by Crippen LogP contribution is -2.29. The molecule has 4 aromatic rings. The van der Waals surface area contributed by atoms with Crippen LogP contribution in [0.3, 0.4) is 0 Å². The van der Waals surface area contributed by atoms with E-state index >= 15 is 0 Å². The van der Waals surface area contributed by atoms with Crippen LogP contribution in [0.4, 0.5) is 5.13 Å². The van der Waals surface area contributed by atoms with E-state index in [-0.39, 0.29) is 39.1 Å². The zero-order valence-corrected chi connectivity index (χ0v) is 19.7. The molecule has 2 aromatic heterocycles. The molecular formula is C26H20N2O6S. The maximum Gasteiger partial charge on any atom is 0.350 e. The number of aryl methyl sites for hydroxylation is 2. The predicted octanol–water partition coefficient (Wildman–Crippen LogP) is 4.66. The minimum absolute atomic E-state index is 0.0200. The van der Waals surface area contributed by atoms with Gasteiger partial charge in [-0.25, -0.2) is 9.78 Å². The Hall–Kier alpha value is -4.24. The quantitative estimate of drug-likeness (QED) is 0.321. The number of phenols is 1. The van der Waals surface area contributed by atoms with Crippen LogP contribution in [0.2, 0.25) is 0 Å². The smallest absolute Gasteiger partial charge is 0.350 e. The molecule has 2 aromatic carbocycles. The normalized spacial score (nSPS) is 14.9. The van der Waals surface area contributed by atoms with Crippen molar-refractivity contribution in [2.45, 2.75) is 19.9 Å². The second-order valence-corrected chi connectivity index (χ2v) is 9.12. The zero-order chi connectivity index (χ0) is 24.9. The number of phenolic OH excluding ortho intramolecular Hbond substituents is 1. The molecule has 0 aliphatic carbocycles. The molecule has 1 aliphatic rings. The maximum atomic E-state index is 13.7. The van der Waals surface area contributed by atoms with Gasteiger partial charge in [0, 0.05) is 0 Å². The second-order valence-electron chi connectivity index (χ2n) is 8.14. The Balaban J connectivity index is 1.73. The van der Waals surface area contributed by atoms with Gasteiger partial charge in [-0.3, -0.25) is 14.5 Å². The molecule has 3 heterocycles. The average Bonchev–Trinajstić information content (AvgIpc) is 3.35. The number of esters is 1. The van der Waals surface area contributed by atoms with Crippen LogP contribution >= 0.6 is 11.3 Å². The van der Waals surface area contributed by atoms with Crippen molar-refractivity contribution in [3.63, 3.8) is 0 Å². The number of rotatable bonds is 5. The summed E-state index contributed by atoms with van der Waals surface area (Å²) in [5, 5.41) is 10.7. The number of ether oxygens (including phenoxy) is 1. The molecule has 1 aliphatic heterocycles. The van der Waals surface area contributed by atoms with E-state index in [9.17, 15) is 19.5 Å². The monoisotopic (exact) mass is 488 g/mol. The summed E-state index contributed by atoms with van der Waals surface area (Å²) < 4.78 is 11.1. The van der Waals surface area contributed by atoms with Gasteiger partial charge < -0.3 is 14.3 Å². The fourth-order valence-corrected chi connectivity index (χ4v) is 5.16. The number of amides is 1. The largest absolute Gasteiger partial charge is 0.508 e. The first-order chi connectivity index (χ1) is 16.8. The van der Waals surface area contributed by atoms with Gasteiger partial charge in [0.25, 0.3) is 5.91 Å². The van der Waals surface area contributed by atoms with Crippen molar-refractivity contribution in [2.24, 2.45) is 0 Å². The number of aromatic hydroxyl groups is 1. The highest BCUT2D eigenvalue weighted by Gasteiger charge is 2.45. The van der Waals surface area contributed by atoms with Crippen LogP contribution in [0.5, 0.6) is 5.75 Å². The molecule has 9 heteroatoms. The number of anilines is 1. The lowest BCUT2D eigenvalue weighted by atomic mass is 9.98. The lowest BCUT2D eigenvalue weighted by molar-refractivity contribution is 0.0554. The number of carbonyl (C=O) groups excluding carboxylic acids is 2. The molecule has 1 N–H and O–H groups in total. The van der Waals surface area contributed by atoms with Crippen molar-refractivity contribution < 1.29 is 23.8 Å². The predicted molar refractivity (Wildman–Crippen MR) is 131 cm³/mol. The van der Waals surface area contributed by atoms with Crippen LogP contribution in [0.1, 0.15) is 48.7 Å². The Morgan fingerprint density at radius 2 is 2.06 bits per heavy atom. The van der Waals surface area contributed by atoms with Crippen molar-refractivity contribution in [1.82, 2.24) is 4.98 Å². The number of fused-ring (bicyclic) bond motifs is 2. The molecule has 35 heavy (non-hydrogen) atoms. The third-order valence-corrected chi connectivity index (χ3v) is 6.86. The van der Waals surface area contributed by atoms with Gasteiger partial charge in [-0.05, 0) is 43.7 Å². The molecular weight excluding hydrogens is 468 g/mol. The second kappa shape index (κ2) is 8.52. The van der Waals surface area contributed by atoms with Gasteiger partial charge in [-0.1, -0.05) is 47.8 Å². The van der Waals surface area contributed by atoms with Crippen molar-refractivity contribution in [2.75, 3.05) is 11.5 Å². The van der Waals surface area contributed by atoms with Gasteiger partial charge in [-0.2, -0.15) is 0 Å². The Labute approximate surface area is 203 Å². The van der Waals surface area contributed by atoms with Crippen LogP contribution < -0.4 is 10.3 Å². The highest BCUT2D eigenvalue weighted by Crippen LogP contribution is 2.43. The summed E-state index contributed by atoms with van der Waals surface area (Å²) in [5.74, 6) is -1.26. The maximum absolute atomic E-state index is 13.7. The van der Waals surface area contributed by atoms with Crippen molar-refractivity contribution in [3.05, 3.63) is 98.4 Å². The Morgan fingerprint density at radius 1 is 1.26 bits per heavy atom. The summed E-state index contributed by atoms with van der Waals surface area (Å²) in [6.45, 7) is 7.08. The van der Waals surface area contributed by atoms with Gasteiger partial charge in [0.2, 0.25) is 5.76 Å². The number of thiazole rings is 1. The van der Waals surface area contributed by atoms with E-state index in [4.69, 9.17) is 9.15 Å². The Kier molecular flexibility index (Phi) is 5.49. The van der Waals surface area contributed by atoms with E-state index in [2.05, 4.69) is 11.6 Å². The molecule has 0 spiro atoms. The summed E-state index contributed by atoms with van der Waals surface area (Å²) >= 11 is 0.984. The Morgan fingerprint density at radius 3 is 2.80 bits per heavy atom. The summed E-state index contributed by atoms with van der Waals surface area (Å²) in [6, 6.07) is 10.6. The van der Waals surface area contributed by atoms with E-state index in [1.54, 1.807) is 37.3 Å². The first-order valence-electron chi connectivity index (χ1n) is 10.8. The molecule has 1 atom stereocenters. The number of nitrogens with zero attached hydrogens (tertiary/aromatic N) is 2. The SMILES string of the molecule is C=CCOC(=O)c1sc(N2C(=O)c3oc4ccc(C)cc4c(=O)c3[C@H]2c2cccc(O)c2)nc1C. The van der Waals surface area contributed by atoms with E-state index in [1.807, 2.05) is 6.92 Å². The van der Waals surface area contributed by atoms with Crippen LogP contribution in [0.15, 0.2) is 64.3 Å². The van der Waals surface area contributed by atoms with E-state index in [0.29, 0.717) is 22.2 Å². The number of hydrogen-bond donors (Lipinski definition) is 1. The number of carbonyl (C=O) groups is 2. The van der Waals surface area contributed by atoms with E-state index in [1.165, 1.54) is 23.1 Å². The van der Waals surface area contributed by atoms with Crippen LogP contribution in [-0.2, 0) is 4.74 Å². The molecule has 1 amide bonds. The zero-order valence-electron chi connectivity index (χ0n) is 18.9. The summed E-state index contributed by atoms with van der Waals surface area (Å²) in [7, 11) is 0. The number of benzene rings is 2. The Bertz CT molecular complexity index is 1580. The standard InChI is InChI=1S/C26H20N2O6S/c1-4-10-33-25(32)23-14(3)27-26(35-23)28-20(15-6-5-7-16(29)12-15)19-21(30)17-11-13(2)8-9-18(17)34-22(19)24(28)31/h4-9,11-12,20,29H,1,10H2,2-3H3/t20-/m1/s1. The molecule has 0 unspecified atom stereocenters. The van der Waals surface area contributed by atoms with Crippen molar-refractivity contribution >= 4 is 39.3 Å². The van der Waals surface area contributed by atoms with Gasteiger partial charge in [0.05, 0.1) is 22.7 Å². The highest BCUT2D eigenvalue weighted by atomic mass is 32.1. The molecule has 0 fully saturated rings. The van der Waals surface area contributed by atoms with E-state index in [0.717, 1.165) is 16.9 Å². The first kappa shape index (κ1) is 22.5. The lowest BCUT2D eigenvalue weighted by Gasteiger charge is -2.22. The van der Waals surface area contributed by atoms with Gasteiger partial charge in [-0.15, -0.1) is 0 Å². The molecule has 0 saturated heterocycles. The van der Waals surface area contributed by atoms with Crippen LogP contribution in [0.25, 0.3) is 11.0 Å². The van der Waals surface area contributed by atoms with Crippen molar-refractivity contribution in [1.29, 1.82) is 0 Å². The average molecular weight is 489 g/mol. The van der Waals surface area contributed by atoms with Crippen LogP contribution in [0, 0.1) is 13.8 Å². The van der Waals surface area contributed by atoms with Crippen molar-refractivity contribution in [3.8, 4) is 5.75 Å². The molecule has 0 saturated carbocycles. The molecule has 5 rings (SSSR count). The minimum atomic E-state index is -0.909. The third-order valence-electron chi connectivity index (χ3n) is 5.72. The fraction of sp³-hybridized carbons (Fsp3) is 0.154. The van der Waals surface area contributed by atoms with E-state index < -0.39 is 17.9 Å². The summed E-state index contributed by atoms with van der Waals surface area (Å²) in [6.07, 6.45) is 1.46. The van der Waals surface area contributed by atoms with Gasteiger partial charge in [0.15, 0.2) is 10.6 Å². The molecule has 176 valence electrons. The number of aromatic nitrogens is 1. The molecule has 0 bridgehead atoms. The highest BCUT2D eigenvalue weighted by molar-refractivity contribution is 7.17. The number of hydrogen-bond acceptors (Lipinski definition) is 8. The van der Waals surface area contributed by atoms with Gasteiger partial charge >= 0.3 is 5.97 Å². The van der Waals surface area contributed by atoms with Gasteiger partial charge in [0.1, 0.15) is 22.8 Å². The first-order valence-corrected chi connectivity index (χ1v) is 11.6. The fourth-order valence-electron chi connectivity index (χ4n) is 4.17. The summed E-state index contributed by atoms with van der Waals surface area (Å²) in [5.41, 5.74) is 1.87. The van der Waals surface area contributed by atoms with Crippen LogP contribution in [-0.4, -0.2) is 28.6 Å². The molecule has 0 radical (unpaired) electrons. The summed E-state index contributed by atoms with van der Waals surface area (Å²) in [4.78, 5) is 45.8.